The molecule has 4 atom stereocenters. The molecule has 0 aromatic heterocycles. The van der Waals surface area contributed by atoms with Gasteiger partial charge in [0, 0.05) is 0 Å². The lowest BCUT2D eigenvalue weighted by atomic mass is 10.0. The van der Waals surface area contributed by atoms with Crippen LogP contribution in [0.3, 0.4) is 0 Å². The molecule has 0 aromatic rings. The second-order valence-electron chi connectivity index (χ2n) is 2.51. The summed E-state index contributed by atoms with van der Waals surface area (Å²) in [6.45, 7) is -0.843. The maximum Gasteiger partial charge on any atom is 0.335 e. The predicted octanol–water partition coefficient (Wildman–Crippen LogP) is -4.68. The van der Waals surface area contributed by atoms with Gasteiger partial charge in [-0.05, 0) is 0 Å². The number of carboxylic acid groups (broad SMARTS) is 1. The van der Waals surface area contributed by atoms with Gasteiger partial charge < -0.3 is 30.6 Å². The Hall–Kier alpha value is -0.198. The lowest BCUT2D eigenvalue weighted by Crippen LogP contribution is -2.48. The molecule has 0 aliphatic carbocycles. The van der Waals surface area contributed by atoms with Crippen LogP contribution in [-0.2, 0) is 4.79 Å². The van der Waals surface area contributed by atoms with Crippen LogP contribution >= 0.6 is 0 Å². The zero-order valence-corrected chi connectivity index (χ0v) is 6.61. The fourth-order valence-corrected chi connectivity index (χ4v) is 0.668. The van der Waals surface area contributed by atoms with Crippen LogP contribution in [0.4, 0.5) is 0 Å². The van der Waals surface area contributed by atoms with Crippen molar-refractivity contribution in [2.75, 3.05) is 6.61 Å². The Morgan fingerprint density at radius 2 is 1.50 bits per heavy atom. The second-order valence-corrected chi connectivity index (χ2v) is 2.51. The molecule has 0 fully saturated rings. The highest BCUT2D eigenvalue weighted by Crippen LogP contribution is 2.04. The minimum Gasteiger partial charge on any atom is -0.479 e. The van der Waals surface area contributed by atoms with E-state index >= 15 is 0 Å². The SMILES string of the molecule is O=C(O)C(O)C(O)C(O)C(O)CO.[AlH3]. The molecule has 0 aliphatic heterocycles. The standard InChI is InChI=1S/C6H12O7.Al.3H/c7-1-2(8)3(9)4(10)5(11)6(12)13;;;;/h2-5,7-11H,1H2,(H,12,13);;;;. The van der Waals surface area contributed by atoms with Crippen molar-refractivity contribution in [2.45, 2.75) is 24.4 Å². The molecule has 0 aliphatic rings. The molecular formula is C6H15AlO7. The Morgan fingerprint density at radius 1 is 1.07 bits per heavy atom. The van der Waals surface area contributed by atoms with Gasteiger partial charge >= 0.3 is 5.97 Å². The van der Waals surface area contributed by atoms with Crippen molar-refractivity contribution < 1.29 is 35.4 Å². The largest absolute Gasteiger partial charge is 0.479 e. The van der Waals surface area contributed by atoms with E-state index in [1.807, 2.05) is 0 Å². The first-order valence-electron chi connectivity index (χ1n) is 3.47. The van der Waals surface area contributed by atoms with E-state index in [1.165, 1.54) is 0 Å². The fourth-order valence-electron chi connectivity index (χ4n) is 0.668. The first kappa shape index (κ1) is 16.2. The van der Waals surface area contributed by atoms with Crippen LogP contribution in [-0.4, -0.2) is 85.0 Å². The molecule has 0 bridgehead atoms. The van der Waals surface area contributed by atoms with Gasteiger partial charge in [0.2, 0.25) is 0 Å². The summed E-state index contributed by atoms with van der Waals surface area (Å²) in [7, 11) is 0. The van der Waals surface area contributed by atoms with E-state index in [4.69, 9.17) is 30.6 Å². The molecule has 8 heteroatoms. The number of aliphatic hydroxyl groups is 5. The van der Waals surface area contributed by atoms with Crippen molar-refractivity contribution >= 4 is 23.3 Å². The van der Waals surface area contributed by atoms with Crippen molar-refractivity contribution in [2.24, 2.45) is 0 Å². The zero-order valence-electron chi connectivity index (χ0n) is 6.61. The quantitative estimate of drug-likeness (QED) is 0.259. The Labute approximate surface area is 90.4 Å². The highest BCUT2D eigenvalue weighted by atomic mass is 27.0. The molecule has 0 radical (unpaired) electrons. The number of hydrogen-bond acceptors (Lipinski definition) is 6. The average Bonchev–Trinajstić information content (AvgIpc) is 2.12. The summed E-state index contributed by atoms with van der Waals surface area (Å²) >= 11 is 0. The Kier molecular flexibility index (Phi) is 8.28. The van der Waals surface area contributed by atoms with Crippen LogP contribution in [0.2, 0.25) is 0 Å². The van der Waals surface area contributed by atoms with Crippen LogP contribution < -0.4 is 0 Å². The van der Waals surface area contributed by atoms with Crippen molar-refractivity contribution in [3.05, 3.63) is 0 Å². The van der Waals surface area contributed by atoms with Crippen LogP contribution in [0, 0.1) is 0 Å². The van der Waals surface area contributed by atoms with Crippen molar-refractivity contribution in [3.63, 3.8) is 0 Å². The first-order valence-corrected chi connectivity index (χ1v) is 3.47. The molecule has 84 valence electrons. The molecule has 6 N–H and O–H groups in total. The van der Waals surface area contributed by atoms with Gasteiger partial charge in [0.05, 0.1) is 6.61 Å². The molecule has 0 aromatic carbocycles. The van der Waals surface area contributed by atoms with E-state index in [-0.39, 0.29) is 17.4 Å². The first-order chi connectivity index (χ1) is 5.91. The molecule has 0 spiro atoms. The van der Waals surface area contributed by atoms with Gasteiger partial charge in [-0.1, -0.05) is 0 Å². The minimum absolute atomic E-state index is 0. The summed E-state index contributed by atoms with van der Waals surface area (Å²) < 4.78 is 0. The minimum atomic E-state index is -2.20. The number of rotatable bonds is 5. The topological polar surface area (TPSA) is 138 Å². The summed E-state index contributed by atoms with van der Waals surface area (Å²) in [6.07, 6.45) is -7.84. The lowest BCUT2D eigenvalue weighted by Gasteiger charge is -2.23. The molecule has 0 saturated carbocycles. The normalized spacial score (nSPS) is 18.9. The van der Waals surface area contributed by atoms with E-state index < -0.39 is 37.0 Å². The molecule has 0 amide bonds. The van der Waals surface area contributed by atoms with Crippen LogP contribution in [0.1, 0.15) is 0 Å². The lowest BCUT2D eigenvalue weighted by molar-refractivity contribution is -0.164. The maximum absolute atomic E-state index is 10.1. The van der Waals surface area contributed by atoms with Gasteiger partial charge in [-0.2, -0.15) is 0 Å². The fraction of sp³-hybridized carbons (Fsp3) is 0.833. The van der Waals surface area contributed by atoms with Gasteiger partial charge in [0.15, 0.2) is 23.5 Å². The van der Waals surface area contributed by atoms with Gasteiger partial charge in [0.1, 0.15) is 18.3 Å². The summed E-state index contributed by atoms with van der Waals surface area (Å²) in [6, 6.07) is 0. The molecule has 7 nitrogen and oxygen atoms in total. The maximum atomic E-state index is 10.1. The number of carboxylic acids is 1. The molecular weight excluding hydrogens is 211 g/mol. The Morgan fingerprint density at radius 3 is 1.79 bits per heavy atom. The number of aliphatic carboxylic acids is 1. The highest BCUT2D eigenvalue weighted by Gasteiger charge is 2.33. The van der Waals surface area contributed by atoms with Gasteiger partial charge in [-0.15, -0.1) is 0 Å². The van der Waals surface area contributed by atoms with Crippen LogP contribution in [0.25, 0.3) is 0 Å². The highest BCUT2D eigenvalue weighted by molar-refractivity contribution is 5.75. The summed E-state index contributed by atoms with van der Waals surface area (Å²) in [5.74, 6) is -1.73. The zero-order chi connectivity index (χ0) is 10.6. The van der Waals surface area contributed by atoms with E-state index in [9.17, 15) is 4.79 Å². The number of aliphatic hydroxyl groups excluding tert-OH is 5. The number of hydrogen-bond donors (Lipinski definition) is 6. The molecule has 4 unspecified atom stereocenters. The van der Waals surface area contributed by atoms with Crippen LogP contribution in [0.15, 0.2) is 0 Å². The Bertz CT molecular complexity index is 176. The summed E-state index contributed by atoms with van der Waals surface area (Å²) in [5.41, 5.74) is 0. The molecule has 0 saturated heterocycles. The van der Waals surface area contributed by atoms with Gasteiger partial charge in [-0.25, -0.2) is 4.79 Å². The molecule has 0 rings (SSSR count). The van der Waals surface area contributed by atoms with E-state index in [1.54, 1.807) is 0 Å². The van der Waals surface area contributed by atoms with Crippen molar-refractivity contribution in [1.29, 1.82) is 0 Å². The average molecular weight is 226 g/mol. The van der Waals surface area contributed by atoms with E-state index in [0.717, 1.165) is 0 Å². The third kappa shape index (κ3) is 4.35. The van der Waals surface area contributed by atoms with Crippen LogP contribution in [0.5, 0.6) is 0 Å². The second kappa shape index (κ2) is 7.14. The monoisotopic (exact) mass is 226 g/mol. The van der Waals surface area contributed by atoms with Crippen molar-refractivity contribution in [3.8, 4) is 0 Å². The third-order valence-corrected chi connectivity index (χ3v) is 1.51. The summed E-state index contributed by atoms with van der Waals surface area (Å²) in [5, 5.41) is 51.8. The third-order valence-electron chi connectivity index (χ3n) is 1.51. The molecule has 0 heterocycles. The van der Waals surface area contributed by atoms with E-state index in [2.05, 4.69) is 0 Å². The van der Waals surface area contributed by atoms with Gasteiger partial charge in [-0.3, -0.25) is 0 Å². The van der Waals surface area contributed by atoms with Crippen molar-refractivity contribution in [1.82, 2.24) is 0 Å². The summed E-state index contributed by atoms with van der Waals surface area (Å²) in [4.78, 5) is 10.1. The van der Waals surface area contributed by atoms with Gasteiger partial charge in [0.25, 0.3) is 0 Å². The van der Waals surface area contributed by atoms with E-state index in [0.29, 0.717) is 0 Å². The smallest absolute Gasteiger partial charge is 0.335 e. The number of carbonyl (C=O) groups is 1. The predicted molar refractivity (Wildman–Crippen MR) is 48.7 cm³/mol. The molecule has 14 heavy (non-hydrogen) atoms. The Balaban J connectivity index is 0.